The van der Waals surface area contributed by atoms with Gasteiger partial charge in [0.25, 0.3) is 5.69 Å². The molecule has 4 aromatic rings. The van der Waals surface area contributed by atoms with Gasteiger partial charge >= 0.3 is 0 Å². The van der Waals surface area contributed by atoms with Gasteiger partial charge in [-0.3, -0.25) is 25.0 Å². The zero-order valence-corrected chi connectivity index (χ0v) is 26.7. The summed E-state index contributed by atoms with van der Waals surface area (Å²) in [5.41, 5.74) is 9.41. The van der Waals surface area contributed by atoms with Crippen LogP contribution in [0, 0.1) is 24.0 Å². The summed E-state index contributed by atoms with van der Waals surface area (Å²) in [6.45, 7) is 12.1. The highest BCUT2D eigenvalue weighted by molar-refractivity contribution is 5.74. The van der Waals surface area contributed by atoms with Gasteiger partial charge in [0.05, 0.1) is 16.3 Å². The number of hydrogen-bond acceptors (Lipinski definition) is 6. The van der Waals surface area contributed by atoms with E-state index in [0.29, 0.717) is 0 Å². The van der Waals surface area contributed by atoms with Gasteiger partial charge in [-0.05, 0) is 97.6 Å². The minimum absolute atomic E-state index is 0.0815. The molecule has 3 heterocycles. The molecule has 2 aromatic carbocycles. The molecule has 0 aliphatic carbocycles. The first kappa shape index (κ1) is 31.8. The monoisotopic (exact) mass is 601 g/mol. The summed E-state index contributed by atoms with van der Waals surface area (Å²) in [6.07, 6.45) is 17.1. The Bertz CT molecular complexity index is 1640. The summed E-state index contributed by atoms with van der Waals surface area (Å²) in [5.74, 6) is 0. The van der Waals surface area contributed by atoms with Crippen molar-refractivity contribution in [1.82, 2.24) is 14.9 Å². The fourth-order valence-corrected chi connectivity index (χ4v) is 5.68. The molecule has 5 rings (SSSR count). The predicted molar refractivity (Wildman–Crippen MR) is 187 cm³/mol. The smallest absolute Gasteiger partial charge is 0.269 e. The molecule has 0 radical (unpaired) electrons. The van der Waals surface area contributed by atoms with Crippen molar-refractivity contribution in [3.63, 3.8) is 0 Å². The van der Waals surface area contributed by atoms with Crippen molar-refractivity contribution in [1.29, 1.82) is 0 Å². The van der Waals surface area contributed by atoms with Crippen LogP contribution in [0.5, 0.6) is 0 Å². The van der Waals surface area contributed by atoms with E-state index in [0.717, 1.165) is 70.9 Å². The Hall–Kier alpha value is -4.62. The lowest BCUT2D eigenvalue weighted by Gasteiger charge is -2.36. The molecule has 232 valence electrons. The van der Waals surface area contributed by atoms with Gasteiger partial charge in [-0.25, -0.2) is 0 Å². The highest BCUT2D eigenvalue weighted by Gasteiger charge is 2.16. The molecular weight excluding hydrogens is 558 g/mol. The predicted octanol–water partition coefficient (Wildman–Crippen LogP) is 8.71. The number of anilines is 1. The number of nitro groups is 1. The number of pyridine rings is 2. The number of nitro benzene ring substituents is 1. The second kappa shape index (κ2) is 15.4. The molecule has 0 N–H and O–H groups in total. The van der Waals surface area contributed by atoms with E-state index in [1.807, 2.05) is 31.5 Å². The summed E-state index contributed by atoms with van der Waals surface area (Å²) in [6, 6.07) is 19.6. The van der Waals surface area contributed by atoms with E-state index >= 15 is 0 Å². The molecule has 1 aliphatic rings. The maximum absolute atomic E-state index is 10.9. The van der Waals surface area contributed by atoms with Crippen molar-refractivity contribution in [2.75, 3.05) is 37.6 Å². The second-order valence-electron chi connectivity index (χ2n) is 11.8. The van der Waals surface area contributed by atoms with Crippen molar-refractivity contribution in [3.05, 3.63) is 117 Å². The van der Waals surface area contributed by atoms with Gasteiger partial charge in [-0.15, -0.1) is 0 Å². The molecule has 0 unspecified atom stereocenters. The molecule has 0 atom stereocenters. The zero-order chi connectivity index (χ0) is 31.6. The van der Waals surface area contributed by atoms with Gasteiger partial charge in [-0.1, -0.05) is 50.5 Å². The highest BCUT2D eigenvalue weighted by Crippen LogP contribution is 2.25. The molecule has 0 saturated carbocycles. The number of unbranched alkanes of at least 4 members (excludes halogenated alkanes) is 3. The lowest BCUT2D eigenvalue weighted by atomic mass is 10.0. The van der Waals surface area contributed by atoms with E-state index in [1.165, 1.54) is 50.0 Å². The van der Waals surface area contributed by atoms with Crippen LogP contribution < -0.4 is 4.90 Å². The van der Waals surface area contributed by atoms with Crippen molar-refractivity contribution in [2.24, 2.45) is 0 Å². The topological polar surface area (TPSA) is 75.4 Å². The van der Waals surface area contributed by atoms with Crippen LogP contribution in [0.3, 0.4) is 0 Å². The van der Waals surface area contributed by atoms with Crippen LogP contribution in [0.4, 0.5) is 11.4 Å². The summed E-state index contributed by atoms with van der Waals surface area (Å²) >= 11 is 0. The van der Waals surface area contributed by atoms with Crippen LogP contribution >= 0.6 is 0 Å². The second-order valence-corrected chi connectivity index (χ2v) is 11.8. The number of piperazine rings is 1. The number of hydrogen-bond donors (Lipinski definition) is 0. The van der Waals surface area contributed by atoms with Gasteiger partial charge < -0.3 is 4.90 Å². The lowest BCUT2D eigenvalue weighted by Crippen LogP contribution is -2.46. The van der Waals surface area contributed by atoms with Crippen molar-refractivity contribution in [2.45, 2.75) is 46.5 Å². The van der Waals surface area contributed by atoms with Gasteiger partial charge in [0.15, 0.2) is 0 Å². The Morgan fingerprint density at radius 1 is 0.733 bits per heavy atom. The Morgan fingerprint density at radius 2 is 1.27 bits per heavy atom. The number of non-ortho nitro benzene ring substituents is 1. The summed E-state index contributed by atoms with van der Waals surface area (Å²) < 4.78 is 0. The van der Waals surface area contributed by atoms with Gasteiger partial charge in [0.2, 0.25) is 0 Å². The molecule has 7 nitrogen and oxygen atoms in total. The molecular formula is C38H43N5O2. The third kappa shape index (κ3) is 8.73. The number of rotatable bonds is 12. The van der Waals surface area contributed by atoms with Crippen LogP contribution in [-0.4, -0.2) is 52.5 Å². The first-order chi connectivity index (χ1) is 21.9. The summed E-state index contributed by atoms with van der Waals surface area (Å²) in [4.78, 5) is 25.0. The van der Waals surface area contributed by atoms with E-state index in [4.69, 9.17) is 4.98 Å². The molecule has 0 bridgehead atoms. The molecule has 7 heteroatoms. The largest absolute Gasteiger partial charge is 0.369 e. The van der Waals surface area contributed by atoms with Crippen LogP contribution in [-0.2, 0) is 0 Å². The fraction of sp³-hybridized carbons (Fsp3) is 0.316. The number of benzene rings is 2. The number of nitrogens with zero attached hydrogens (tertiary/aromatic N) is 5. The van der Waals surface area contributed by atoms with Crippen molar-refractivity contribution < 1.29 is 4.92 Å². The maximum atomic E-state index is 10.9. The van der Waals surface area contributed by atoms with Gasteiger partial charge in [-0.2, -0.15) is 0 Å². The van der Waals surface area contributed by atoms with Gasteiger partial charge in [0.1, 0.15) is 0 Å². The molecule has 1 aliphatic heterocycles. The van der Waals surface area contributed by atoms with E-state index in [2.05, 4.69) is 77.2 Å². The normalized spacial score (nSPS) is 14.1. The Balaban J connectivity index is 1.16. The van der Waals surface area contributed by atoms with Crippen molar-refractivity contribution >= 4 is 35.7 Å². The Kier molecular flexibility index (Phi) is 10.9. The summed E-state index contributed by atoms with van der Waals surface area (Å²) in [7, 11) is 0. The van der Waals surface area contributed by atoms with Gasteiger partial charge in [0, 0.05) is 67.5 Å². The number of aryl methyl sites for hydroxylation is 2. The number of aromatic nitrogens is 2. The average Bonchev–Trinajstić information content (AvgIpc) is 3.06. The molecule has 0 amide bonds. The van der Waals surface area contributed by atoms with E-state index in [9.17, 15) is 10.1 Å². The summed E-state index contributed by atoms with van der Waals surface area (Å²) in [5, 5.41) is 10.9. The highest BCUT2D eigenvalue weighted by atomic mass is 16.6. The minimum Gasteiger partial charge on any atom is -0.369 e. The van der Waals surface area contributed by atoms with Crippen molar-refractivity contribution in [3.8, 4) is 11.1 Å². The lowest BCUT2D eigenvalue weighted by molar-refractivity contribution is -0.384. The molecule has 1 saturated heterocycles. The van der Waals surface area contributed by atoms with Crippen LogP contribution in [0.2, 0.25) is 0 Å². The standard InChI is InChI=1S/C38H43N5O2/c1-4-5-6-7-20-41-21-23-42(24-22-41)35-14-8-31(9-15-35)12-18-37-29(2)25-33(27-39-37)34-26-30(3)38(40-28-34)19-13-32-10-16-36(17-11-32)43(44)45/h8-19,25-28H,4-7,20-24H2,1-3H3/b18-12+,19-13+. The van der Waals surface area contributed by atoms with Crippen LogP contribution in [0.1, 0.15) is 66.2 Å². The maximum Gasteiger partial charge on any atom is 0.269 e. The Labute approximate surface area is 267 Å². The first-order valence-electron chi connectivity index (χ1n) is 16.0. The molecule has 45 heavy (non-hydrogen) atoms. The minimum atomic E-state index is -0.395. The average molecular weight is 602 g/mol. The molecule has 0 spiro atoms. The van der Waals surface area contributed by atoms with E-state index in [-0.39, 0.29) is 5.69 Å². The fourth-order valence-electron chi connectivity index (χ4n) is 5.68. The van der Waals surface area contributed by atoms with Crippen LogP contribution in [0.25, 0.3) is 35.4 Å². The Morgan fingerprint density at radius 3 is 1.76 bits per heavy atom. The zero-order valence-electron chi connectivity index (χ0n) is 26.7. The SMILES string of the molecule is CCCCCCN1CCN(c2ccc(/C=C/c3ncc(-c4cnc(/C=C/c5ccc([N+](=O)[O-])cc5)c(C)c4)cc3C)cc2)CC1. The quantitative estimate of drug-likeness (QED) is 0.0918. The third-order valence-corrected chi connectivity index (χ3v) is 8.50. The van der Waals surface area contributed by atoms with E-state index in [1.54, 1.807) is 12.1 Å². The first-order valence-corrected chi connectivity index (χ1v) is 16.0. The molecule has 1 fully saturated rings. The third-order valence-electron chi connectivity index (χ3n) is 8.50. The van der Waals surface area contributed by atoms with Crippen LogP contribution in [0.15, 0.2) is 73.1 Å². The molecule has 2 aromatic heterocycles. The van der Waals surface area contributed by atoms with E-state index < -0.39 is 4.92 Å².